The van der Waals surface area contributed by atoms with E-state index in [1.165, 1.54) is 12.0 Å². The molecule has 8 heteroatoms. The molecule has 0 amide bonds. The fraction of sp³-hybridized carbons (Fsp3) is 0.353. The Labute approximate surface area is 150 Å². The molecule has 0 saturated carbocycles. The Bertz CT molecular complexity index is 744. The van der Waals surface area contributed by atoms with Crippen molar-refractivity contribution in [2.75, 3.05) is 20.3 Å². The van der Waals surface area contributed by atoms with Crippen molar-refractivity contribution in [3.63, 3.8) is 0 Å². The number of benzene rings is 1. The predicted octanol–water partition coefficient (Wildman–Crippen LogP) is 2.62. The number of allylic oxidation sites excluding steroid dienone is 1. The van der Waals surface area contributed by atoms with Gasteiger partial charge in [-0.3, -0.25) is 4.79 Å². The Hall–Kier alpha value is -2.54. The lowest BCUT2D eigenvalue weighted by molar-refractivity contribution is -0.144. The summed E-state index contributed by atoms with van der Waals surface area (Å²) in [5.74, 6) is -1.64. The Morgan fingerprint density at radius 1 is 1.40 bits per heavy atom. The molecule has 1 aliphatic rings. The zero-order valence-electron chi connectivity index (χ0n) is 14.2. The third kappa shape index (κ3) is 4.11. The number of amidine groups is 1. The maximum absolute atomic E-state index is 12.0. The van der Waals surface area contributed by atoms with Gasteiger partial charge in [-0.1, -0.05) is 23.7 Å². The minimum absolute atomic E-state index is 0.0485. The van der Waals surface area contributed by atoms with Crippen molar-refractivity contribution in [2.45, 2.75) is 19.9 Å². The number of aliphatic carboxylic acids is 1. The van der Waals surface area contributed by atoms with Crippen LogP contribution < -0.4 is 0 Å². The van der Waals surface area contributed by atoms with Crippen LogP contribution in [0.25, 0.3) is 0 Å². The first-order valence-electron chi connectivity index (χ1n) is 7.63. The molecule has 0 spiro atoms. The second-order valence-corrected chi connectivity index (χ2v) is 5.73. The second kappa shape index (κ2) is 8.02. The van der Waals surface area contributed by atoms with E-state index in [-0.39, 0.29) is 24.7 Å². The average Bonchev–Trinajstić information content (AvgIpc) is 2.55. The summed E-state index contributed by atoms with van der Waals surface area (Å²) in [6, 6.07) is 6.15. The topological polar surface area (TPSA) is 88.4 Å². The van der Waals surface area contributed by atoms with Gasteiger partial charge in [0.25, 0.3) is 6.02 Å². The number of esters is 1. The van der Waals surface area contributed by atoms with Gasteiger partial charge in [-0.05, 0) is 31.5 Å². The zero-order valence-corrected chi connectivity index (χ0v) is 14.9. The molecule has 0 saturated heterocycles. The average molecular weight is 367 g/mol. The number of hydrogen-bond acceptors (Lipinski definition) is 6. The number of halogens is 1. The Balaban J connectivity index is 2.57. The van der Waals surface area contributed by atoms with Crippen molar-refractivity contribution in [1.29, 1.82) is 0 Å². The highest BCUT2D eigenvalue weighted by atomic mass is 35.5. The highest BCUT2D eigenvalue weighted by molar-refractivity contribution is 6.30. The summed E-state index contributed by atoms with van der Waals surface area (Å²) in [5, 5.41) is 10.1. The Morgan fingerprint density at radius 2 is 2.12 bits per heavy atom. The number of hydrogen-bond donors (Lipinski definition) is 1. The van der Waals surface area contributed by atoms with Gasteiger partial charge < -0.3 is 19.5 Å². The molecule has 1 N–H and O–H groups in total. The fourth-order valence-corrected chi connectivity index (χ4v) is 2.89. The minimum atomic E-state index is -1.13. The molecule has 7 nitrogen and oxygen atoms in total. The van der Waals surface area contributed by atoms with Gasteiger partial charge >= 0.3 is 11.9 Å². The van der Waals surface area contributed by atoms with Gasteiger partial charge in [-0.25, -0.2) is 9.79 Å². The smallest absolute Gasteiger partial charge is 0.335 e. The number of carbonyl (C=O) groups excluding carboxylic acids is 1. The number of carboxylic acid groups (broad SMARTS) is 1. The van der Waals surface area contributed by atoms with Crippen LogP contribution in [0.1, 0.15) is 25.5 Å². The number of aliphatic imine (C=N–C) groups is 1. The van der Waals surface area contributed by atoms with Crippen molar-refractivity contribution in [2.24, 2.45) is 4.99 Å². The fourth-order valence-electron chi connectivity index (χ4n) is 2.69. The van der Waals surface area contributed by atoms with E-state index in [0.29, 0.717) is 16.3 Å². The number of ether oxygens (including phenoxy) is 2. The Morgan fingerprint density at radius 3 is 2.68 bits per heavy atom. The molecule has 1 atom stereocenters. The summed E-state index contributed by atoms with van der Waals surface area (Å²) < 4.78 is 10.3. The van der Waals surface area contributed by atoms with Crippen LogP contribution in [-0.4, -0.2) is 48.2 Å². The number of methoxy groups -OCH3 is 1. The lowest BCUT2D eigenvalue weighted by atomic mass is 9.94. The third-order valence-electron chi connectivity index (χ3n) is 3.67. The van der Waals surface area contributed by atoms with Crippen molar-refractivity contribution < 1.29 is 24.2 Å². The number of carboxylic acids is 1. The van der Waals surface area contributed by atoms with Crippen LogP contribution >= 0.6 is 11.6 Å². The second-order valence-electron chi connectivity index (χ2n) is 5.29. The first-order valence-corrected chi connectivity index (χ1v) is 8.01. The molecule has 0 aromatic heterocycles. The van der Waals surface area contributed by atoms with Gasteiger partial charge in [0.05, 0.1) is 31.0 Å². The van der Waals surface area contributed by atoms with E-state index in [4.69, 9.17) is 21.1 Å². The molecule has 1 aromatic carbocycles. The number of carbonyl (C=O) groups is 2. The van der Waals surface area contributed by atoms with Gasteiger partial charge in [-0.2, -0.15) is 0 Å². The lowest BCUT2D eigenvalue weighted by Crippen LogP contribution is -2.44. The molecule has 134 valence electrons. The summed E-state index contributed by atoms with van der Waals surface area (Å²) >= 11 is 6.07. The molecular formula is C17H19ClN2O5. The molecule has 1 heterocycles. The molecular weight excluding hydrogens is 348 g/mol. The van der Waals surface area contributed by atoms with Crippen LogP contribution in [0.15, 0.2) is 40.5 Å². The van der Waals surface area contributed by atoms with E-state index >= 15 is 0 Å². The van der Waals surface area contributed by atoms with E-state index in [1.807, 2.05) is 0 Å². The molecule has 1 unspecified atom stereocenters. The van der Waals surface area contributed by atoms with Crippen LogP contribution in [0.5, 0.6) is 0 Å². The van der Waals surface area contributed by atoms with E-state index in [1.54, 1.807) is 38.1 Å². The van der Waals surface area contributed by atoms with Crippen LogP contribution in [-0.2, 0) is 19.1 Å². The van der Waals surface area contributed by atoms with E-state index in [0.717, 1.165) is 0 Å². The van der Waals surface area contributed by atoms with Gasteiger partial charge in [-0.15, -0.1) is 0 Å². The molecule has 1 aromatic rings. The summed E-state index contributed by atoms with van der Waals surface area (Å²) in [6.45, 7) is 3.29. The van der Waals surface area contributed by atoms with Crippen molar-refractivity contribution in [1.82, 2.24) is 4.90 Å². The summed E-state index contributed by atoms with van der Waals surface area (Å²) in [5.41, 5.74) is 0.958. The third-order valence-corrected chi connectivity index (χ3v) is 3.90. The van der Waals surface area contributed by atoms with Gasteiger partial charge in [0.15, 0.2) is 0 Å². The molecule has 0 radical (unpaired) electrons. The van der Waals surface area contributed by atoms with E-state index in [9.17, 15) is 14.7 Å². The summed E-state index contributed by atoms with van der Waals surface area (Å²) in [7, 11) is 1.41. The van der Waals surface area contributed by atoms with Crippen molar-refractivity contribution >= 4 is 29.6 Å². The molecule has 0 aliphatic carbocycles. The number of rotatable bonds is 5. The first kappa shape index (κ1) is 18.8. The van der Waals surface area contributed by atoms with Crippen LogP contribution in [0.2, 0.25) is 5.02 Å². The van der Waals surface area contributed by atoms with Crippen LogP contribution in [0, 0.1) is 0 Å². The van der Waals surface area contributed by atoms with Gasteiger partial charge in [0.2, 0.25) is 0 Å². The molecule has 1 aliphatic heterocycles. The highest BCUT2D eigenvalue weighted by Crippen LogP contribution is 2.36. The van der Waals surface area contributed by atoms with E-state index in [2.05, 4.69) is 4.99 Å². The normalized spacial score (nSPS) is 17.2. The highest BCUT2D eigenvalue weighted by Gasteiger charge is 2.37. The molecule has 2 rings (SSSR count). The largest absolute Gasteiger partial charge is 0.478 e. The monoisotopic (exact) mass is 366 g/mol. The van der Waals surface area contributed by atoms with Crippen molar-refractivity contribution in [3.05, 3.63) is 46.1 Å². The SMILES string of the molecule is CCOC(=O)CN1C(OC)=NC(C)=C(C(=O)O)C1c1cccc(Cl)c1. The number of nitrogens with zero attached hydrogens (tertiary/aromatic N) is 2. The predicted molar refractivity (Wildman–Crippen MR) is 92.3 cm³/mol. The summed E-state index contributed by atoms with van der Waals surface area (Å²) in [4.78, 5) is 29.5. The Kier molecular flexibility index (Phi) is 6.03. The quantitative estimate of drug-likeness (QED) is 0.806. The molecule has 0 fully saturated rings. The van der Waals surface area contributed by atoms with Crippen LogP contribution in [0.4, 0.5) is 0 Å². The first-order chi connectivity index (χ1) is 11.9. The zero-order chi connectivity index (χ0) is 18.6. The molecule has 0 bridgehead atoms. The van der Waals surface area contributed by atoms with Gasteiger partial charge in [0.1, 0.15) is 6.54 Å². The molecule has 25 heavy (non-hydrogen) atoms. The maximum Gasteiger partial charge on any atom is 0.335 e. The standard InChI is InChI=1S/C17H19ClN2O5/c1-4-25-13(21)9-20-15(11-6-5-7-12(18)8-11)14(16(22)23)10(2)19-17(20)24-3/h5-8,15H,4,9H2,1-3H3,(H,22,23). The minimum Gasteiger partial charge on any atom is -0.478 e. The van der Waals surface area contributed by atoms with E-state index < -0.39 is 18.0 Å². The van der Waals surface area contributed by atoms with Gasteiger partial charge in [0, 0.05) is 5.02 Å². The van der Waals surface area contributed by atoms with Crippen molar-refractivity contribution in [3.8, 4) is 0 Å². The lowest BCUT2D eigenvalue weighted by Gasteiger charge is -2.36. The maximum atomic E-state index is 12.0. The van der Waals surface area contributed by atoms with Crippen LogP contribution in [0.3, 0.4) is 0 Å². The summed E-state index contributed by atoms with van der Waals surface area (Å²) in [6.07, 6.45) is 0.